The normalized spacial score (nSPS) is 32.8. The minimum atomic E-state index is -0.857. The molecule has 1 aliphatic carbocycles. The average Bonchev–Trinajstić information content (AvgIpc) is 3.09. The zero-order valence-corrected chi connectivity index (χ0v) is 16.2. The Labute approximate surface area is 159 Å². The van der Waals surface area contributed by atoms with Gasteiger partial charge in [-0.05, 0) is 49.7 Å². The van der Waals surface area contributed by atoms with Gasteiger partial charge in [0.2, 0.25) is 5.91 Å². The van der Waals surface area contributed by atoms with E-state index in [4.69, 9.17) is 0 Å². The highest BCUT2D eigenvalue weighted by Crippen LogP contribution is 2.42. The number of hydrogen-bond donors (Lipinski definition) is 1. The number of imide groups is 1. The molecular formula is C21H27N3O3. The topological polar surface area (TPSA) is 69.7 Å². The van der Waals surface area contributed by atoms with Crippen LogP contribution in [0.25, 0.3) is 0 Å². The van der Waals surface area contributed by atoms with E-state index in [1.54, 1.807) is 4.90 Å². The summed E-state index contributed by atoms with van der Waals surface area (Å²) < 4.78 is 0. The van der Waals surface area contributed by atoms with Crippen LogP contribution in [0.3, 0.4) is 0 Å². The third-order valence-corrected chi connectivity index (χ3v) is 6.76. The number of carbonyl (C=O) groups excluding carboxylic acids is 3. The summed E-state index contributed by atoms with van der Waals surface area (Å²) in [6, 6.07) is 7.41. The fraction of sp³-hybridized carbons (Fsp3) is 0.571. The van der Waals surface area contributed by atoms with Crippen LogP contribution in [0.5, 0.6) is 0 Å². The highest BCUT2D eigenvalue weighted by Gasteiger charge is 2.58. The van der Waals surface area contributed by atoms with Crippen LogP contribution < -0.4 is 10.2 Å². The van der Waals surface area contributed by atoms with Gasteiger partial charge in [0.25, 0.3) is 5.91 Å². The molecule has 0 radical (unpaired) electrons. The van der Waals surface area contributed by atoms with E-state index in [0.717, 1.165) is 41.8 Å². The molecule has 1 aromatic carbocycles. The highest BCUT2D eigenvalue weighted by atomic mass is 16.2. The van der Waals surface area contributed by atoms with Crippen LogP contribution in [-0.4, -0.2) is 40.9 Å². The average molecular weight is 369 g/mol. The number of nitrogens with zero attached hydrogens (tertiary/aromatic N) is 2. The Bertz CT molecular complexity index is 796. The van der Waals surface area contributed by atoms with Crippen LogP contribution in [0.2, 0.25) is 0 Å². The predicted octanol–water partition coefficient (Wildman–Crippen LogP) is 2.71. The molecule has 1 saturated carbocycles. The minimum absolute atomic E-state index is 0.0251. The summed E-state index contributed by atoms with van der Waals surface area (Å²) in [4.78, 5) is 41.8. The maximum absolute atomic E-state index is 13.3. The largest absolute Gasteiger partial charge is 0.325 e. The second kappa shape index (κ2) is 6.36. The summed E-state index contributed by atoms with van der Waals surface area (Å²) in [6.45, 7) is 5.84. The van der Waals surface area contributed by atoms with Gasteiger partial charge in [0.1, 0.15) is 12.1 Å². The molecule has 1 N–H and O–H groups in total. The lowest BCUT2D eigenvalue weighted by atomic mass is 9.67. The number of para-hydroxylation sites is 1. The fourth-order valence-electron chi connectivity index (χ4n) is 5.25. The zero-order chi connectivity index (χ0) is 19.3. The number of fused-ring (bicyclic) bond motifs is 1. The van der Waals surface area contributed by atoms with Crippen molar-refractivity contribution in [1.82, 2.24) is 10.2 Å². The maximum Gasteiger partial charge on any atom is 0.325 e. The molecule has 2 aliphatic heterocycles. The molecule has 6 nitrogen and oxygen atoms in total. The summed E-state index contributed by atoms with van der Waals surface area (Å²) in [5.41, 5.74) is 1.15. The molecule has 4 amide bonds. The van der Waals surface area contributed by atoms with E-state index in [-0.39, 0.29) is 36.2 Å². The lowest BCUT2D eigenvalue weighted by Gasteiger charge is -2.42. The number of urea groups is 1. The summed E-state index contributed by atoms with van der Waals surface area (Å²) in [6.07, 6.45) is 3.68. The molecule has 1 spiro atoms. The standard InChI is InChI=1S/C21H27N3O3/c1-13-7-6-8-14(2)21(13)19(26)23(20(27)22-21)12-18(25)24-15(3)11-16-9-4-5-10-17(16)24/h4-5,9-10,13-15H,6-8,11-12H2,1-3H3,(H,22,27)/t13-,14+,15-,21?/m1/s1. The summed E-state index contributed by atoms with van der Waals surface area (Å²) in [5, 5.41) is 2.96. The molecule has 144 valence electrons. The van der Waals surface area contributed by atoms with Crippen LogP contribution >= 0.6 is 0 Å². The SMILES string of the molecule is C[C@@H]1Cc2ccccc2N1C(=O)CN1C(=O)NC2(C1=O)[C@H](C)CCC[C@@H]2C. The molecule has 0 bridgehead atoms. The summed E-state index contributed by atoms with van der Waals surface area (Å²) >= 11 is 0. The van der Waals surface area contributed by atoms with Gasteiger partial charge in [0.05, 0.1) is 0 Å². The smallest absolute Gasteiger partial charge is 0.323 e. The third kappa shape index (κ3) is 2.57. The molecule has 2 fully saturated rings. The van der Waals surface area contributed by atoms with Gasteiger partial charge in [0.15, 0.2) is 0 Å². The quantitative estimate of drug-likeness (QED) is 0.815. The van der Waals surface area contributed by atoms with E-state index >= 15 is 0 Å². The molecule has 4 rings (SSSR count). The van der Waals surface area contributed by atoms with E-state index < -0.39 is 11.6 Å². The van der Waals surface area contributed by atoms with Crippen molar-refractivity contribution >= 4 is 23.5 Å². The molecule has 0 aromatic heterocycles. The number of carbonyl (C=O) groups is 3. The Morgan fingerprint density at radius 3 is 2.52 bits per heavy atom. The second-order valence-corrected chi connectivity index (χ2v) is 8.37. The van der Waals surface area contributed by atoms with Crippen LogP contribution in [0.4, 0.5) is 10.5 Å². The first-order valence-electron chi connectivity index (χ1n) is 9.90. The number of benzene rings is 1. The Hall–Kier alpha value is -2.37. The number of rotatable bonds is 2. The van der Waals surface area contributed by atoms with Gasteiger partial charge in [-0.1, -0.05) is 38.5 Å². The highest BCUT2D eigenvalue weighted by molar-refractivity contribution is 6.11. The van der Waals surface area contributed by atoms with Crippen molar-refractivity contribution in [3.63, 3.8) is 0 Å². The zero-order valence-electron chi connectivity index (χ0n) is 16.2. The van der Waals surface area contributed by atoms with E-state index in [1.165, 1.54) is 0 Å². The Kier molecular flexibility index (Phi) is 4.24. The molecule has 6 heteroatoms. The molecule has 3 aliphatic rings. The van der Waals surface area contributed by atoms with Crippen molar-refractivity contribution in [1.29, 1.82) is 0 Å². The number of amides is 4. The Morgan fingerprint density at radius 2 is 1.81 bits per heavy atom. The first kappa shape index (κ1) is 18.0. The Balaban J connectivity index is 1.57. The van der Waals surface area contributed by atoms with Gasteiger partial charge in [-0.3, -0.25) is 14.5 Å². The molecule has 27 heavy (non-hydrogen) atoms. The number of nitrogens with one attached hydrogen (secondary N) is 1. The van der Waals surface area contributed by atoms with Crippen LogP contribution in [-0.2, 0) is 16.0 Å². The van der Waals surface area contributed by atoms with Crippen molar-refractivity contribution in [2.24, 2.45) is 11.8 Å². The van der Waals surface area contributed by atoms with Crippen molar-refractivity contribution < 1.29 is 14.4 Å². The van der Waals surface area contributed by atoms with E-state index in [2.05, 4.69) is 5.32 Å². The van der Waals surface area contributed by atoms with Crippen molar-refractivity contribution in [3.05, 3.63) is 29.8 Å². The predicted molar refractivity (Wildman–Crippen MR) is 102 cm³/mol. The molecule has 1 unspecified atom stereocenters. The molecule has 1 aromatic rings. The van der Waals surface area contributed by atoms with Crippen molar-refractivity contribution in [3.8, 4) is 0 Å². The van der Waals surface area contributed by atoms with Gasteiger partial charge in [-0.25, -0.2) is 4.79 Å². The second-order valence-electron chi connectivity index (χ2n) is 8.37. The summed E-state index contributed by atoms with van der Waals surface area (Å²) in [7, 11) is 0. The van der Waals surface area contributed by atoms with Crippen molar-refractivity contribution in [2.75, 3.05) is 11.4 Å². The first-order chi connectivity index (χ1) is 12.9. The van der Waals surface area contributed by atoms with Crippen LogP contribution in [0, 0.1) is 11.8 Å². The molecule has 1 saturated heterocycles. The van der Waals surface area contributed by atoms with Crippen molar-refractivity contribution in [2.45, 2.75) is 58.0 Å². The molecule has 2 heterocycles. The van der Waals surface area contributed by atoms with E-state index in [9.17, 15) is 14.4 Å². The third-order valence-electron chi connectivity index (χ3n) is 6.76. The van der Waals surface area contributed by atoms with Crippen LogP contribution in [0.15, 0.2) is 24.3 Å². The van der Waals surface area contributed by atoms with E-state index in [0.29, 0.717) is 0 Å². The van der Waals surface area contributed by atoms with Crippen LogP contribution in [0.1, 0.15) is 45.6 Å². The fourth-order valence-corrected chi connectivity index (χ4v) is 5.25. The van der Waals surface area contributed by atoms with Gasteiger partial charge in [0, 0.05) is 11.7 Å². The van der Waals surface area contributed by atoms with Gasteiger partial charge in [-0.2, -0.15) is 0 Å². The maximum atomic E-state index is 13.3. The summed E-state index contributed by atoms with van der Waals surface area (Å²) in [5.74, 6) is -0.293. The van der Waals surface area contributed by atoms with Gasteiger partial charge < -0.3 is 10.2 Å². The monoisotopic (exact) mass is 369 g/mol. The molecular weight excluding hydrogens is 342 g/mol. The Morgan fingerprint density at radius 1 is 1.15 bits per heavy atom. The minimum Gasteiger partial charge on any atom is -0.323 e. The van der Waals surface area contributed by atoms with Gasteiger partial charge >= 0.3 is 6.03 Å². The van der Waals surface area contributed by atoms with E-state index in [1.807, 2.05) is 45.0 Å². The number of anilines is 1. The first-order valence-corrected chi connectivity index (χ1v) is 9.90. The molecule has 4 atom stereocenters. The number of hydrogen-bond acceptors (Lipinski definition) is 3. The van der Waals surface area contributed by atoms with Gasteiger partial charge in [-0.15, -0.1) is 0 Å². The lowest BCUT2D eigenvalue weighted by Crippen LogP contribution is -2.59. The lowest BCUT2D eigenvalue weighted by molar-refractivity contribution is -0.138.